The molecule has 0 radical (unpaired) electrons. The molecule has 0 aromatic heterocycles. The van der Waals surface area contributed by atoms with Crippen molar-refractivity contribution in [3.63, 3.8) is 0 Å². The molecule has 0 bridgehead atoms. The number of amides is 1. The summed E-state index contributed by atoms with van der Waals surface area (Å²) in [5.41, 5.74) is 1.05. The van der Waals surface area contributed by atoms with E-state index in [-0.39, 0.29) is 24.5 Å². The molecule has 6 heteroatoms. The topological polar surface area (TPSA) is 66.8 Å². The lowest BCUT2D eigenvalue weighted by Crippen LogP contribution is -2.52. The van der Waals surface area contributed by atoms with Crippen LogP contribution in [-0.2, 0) is 14.3 Å². The van der Waals surface area contributed by atoms with Crippen LogP contribution in [0.25, 0.3) is 0 Å². The standard InChI is InChI=1S/C15H17NO4S/c1-9-6-16(7-12(20-9)15(18)19)14(17)11-8-21-13-5-3-2-4-10(11)13/h2-5,9,11-12H,6-8H2,1H3,(H,18,19)/t9-,11?,12?/m1/s1. The number of thioether (sulfide) groups is 1. The van der Waals surface area contributed by atoms with Crippen LogP contribution in [0.15, 0.2) is 29.2 Å². The maximum absolute atomic E-state index is 12.7. The summed E-state index contributed by atoms with van der Waals surface area (Å²) in [5, 5.41) is 9.11. The fourth-order valence-electron chi connectivity index (χ4n) is 2.86. The number of nitrogens with zero attached hydrogens (tertiary/aromatic N) is 1. The SMILES string of the molecule is C[C@@H]1CN(C(=O)C2CSc3ccccc32)CC(C(=O)O)O1. The van der Waals surface area contributed by atoms with Gasteiger partial charge in [-0.1, -0.05) is 18.2 Å². The summed E-state index contributed by atoms with van der Waals surface area (Å²) < 4.78 is 5.36. The molecule has 3 rings (SSSR count). The molecule has 1 amide bonds. The molecule has 0 saturated carbocycles. The summed E-state index contributed by atoms with van der Waals surface area (Å²) >= 11 is 1.68. The Morgan fingerprint density at radius 3 is 2.86 bits per heavy atom. The third-order valence-electron chi connectivity index (χ3n) is 3.85. The minimum atomic E-state index is -1.01. The van der Waals surface area contributed by atoms with E-state index in [1.54, 1.807) is 23.6 Å². The van der Waals surface area contributed by atoms with E-state index in [1.165, 1.54) is 0 Å². The number of carbonyl (C=O) groups is 2. The lowest BCUT2D eigenvalue weighted by molar-refractivity contribution is -0.166. The van der Waals surface area contributed by atoms with Crippen LogP contribution in [0.2, 0.25) is 0 Å². The largest absolute Gasteiger partial charge is 0.479 e. The van der Waals surface area contributed by atoms with Crippen molar-refractivity contribution in [2.75, 3.05) is 18.8 Å². The number of carboxylic acid groups (broad SMARTS) is 1. The van der Waals surface area contributed by atoms with Crippen molar-refractivity contribution in [3.8, 4) is 0 Å². The highest BCUT2D eigenvalue weighted by molar-refractivity contribution is 7.99. The predicted molar refractivity (Wildman–Crippen MR) is 78.5 cm³/mol. The second-order valence-corrected chi connectivity index (χ2v) is 6.48. The molecule has 1 N–H and O–H groups in total. The average molecular weight is 307 g/mol. The van der Waals surface area contributed by atoms with Crippen LogP contribution in [0.5, 0.6) is 0 Å². The summed E-state index contributed by atoms with van der Waals surface area (Å²) in [6.07, 6.45) is -1.19. The molecular weight excluding hydrogens is 290 g/mol. The fraction of sp³-hybridized carbons (Fsp3) is 0.467. The highest BCUT2D eigenvalue weighted by atomic mass is 32.2. The lowest BCUT2D eigenvalue weighted by atomic mass is 9.99. The number of aliphatic carboxylic acids is 1. The second-order valence-electron chi connectivity index (χ2n) is 5.42. The van der Waals surface area contributed by atoms with Crippen molar-refractivity contribution >= 4 is 23.6 Å². The number of carbonyl (C=O) groups excluding carboxylic acids is 1. The second kappa shape index (κ2) is 5.69. The van der Waals surface area contributed by atoms with Gasteiger partial charge < -0.3 is 14.7 Å². The molecule has 2 aliphatic heterocycles. The van der Waals surface area contributed by atoms with Crippen LogP contribution in [0.4, 0.5) is 0 Å². The highest BCUT2D eigenvalue weighted by Gasteiger charge is 2.37. The lowest BCUT2D eigenvalue weighted by Gasteiger charge is -2.36. The number of fused-ring (bicyclic) bond motifs is 1. The molecule has 1 aromatic carbocycles. The van der Waals surface area contributed by atoms with Crippen LogP contribution >= 0.6 is 11.8 Å². The molecule has 2 aliphatic rings. The minimum Gasteiger partial charge on any atom is -0.479 e. The van der Waals surface area contributed by atoms with Crippen molar-refractivity contribution in [3.05, 3.63) is 29.8 Å². The van der Waals surface area contributed by atoms with Gasteiger partial charge in [0.15, 0.2) is 6.10 Å². The van der Waals surface area contributed by atoms with Crippen molar-refractivity contribution in [1.82, 2.24) is 4.90 Å². The number of hydrogen-bond acceptors (Lipinski definition) is 4. The zero-order valence-corrected chi connectivity index (χ0v) is 12.5. The van der Waals surface area contributed by atoms with Gasteiger partial charge >= 0.3 is 5.97 Å². The normalized spacial score (nSPS) is 28.2. The molecular formula is C15H17NO4S. The Kier molecular flexibility index (Phi) is 3.91. The third-order valence-corrected chi connectivity index (χ3v) is 5.03. The zero-order chi connectivity index (χ0) is 15.0. The summed E-state index contributed by atoms with van der Waals surface area (Å²) in [5.74, 6) is -0.456. The maximum Gasteiger partial charge on any atom is 0.334 e. The van der Waals surface area contributed by atoms with Crippen LogP contribution in [-0.4, -0.2) is 52.9 Å². The monoisotopic (exact) mass is 307 g/mol. The molecule has 1 aromatic rings. The Morgan fingerprint density at radius 1 is 1.33 bits per heavy atom. The summed E-state index contributed by atoms with van der Waals surface area (Å²) in [4.78, 5) is 26.6. The van der Waals surface area contributed by atoms with Gasteiger partial charge in [0.1, 0.15) is 0 Å². The first-order valence-electron chi connectivity index (χ1n) is 6.95. The first-order valence-corrected chi connectivity index (χ1v) is 7.93. The molecule has 0 aliphatic carbocycles. The van der Waals surface area contributed by atoms with Gasteiger partial charge in [-0.3, -0.25) is 4.79 Å². The summed E-state index contributed by atoms with van der Waals surface area (Å²) in [6.45, 7) is 2.38. The summed E-state index contributed by atoms with van der Waals surface area (Å²) in [6, 6.07) is 7.91. The van der Waals surface area contributed by atoms with Crippen LogP contribution in [0.1, 0.15) is 18.4 Å². The van der Waals surface area contributed by atoms with Crippen molar-refractivity contribution in [2.24, 2.45) is 0 Å². The quantitative estimate of drug-likeness (QED) is 0.898. The van der Waals surface area contributed by atoms with Crippen LogP contribution < -0.4 is 0 Å². The first kappa shape index (κ1) is 14.4. The van der Waals surface area contributed by atoms with Gasteiger partial charge in [-0.05, 0) is 18.6 Å². The number of benzene rings is 1. The zero-order valence-electron chi connectivity index (χ0n) is 11.7. The van der Waals surface area contributed by atoms with E-state index in [2.05, 4.69) is 0 Å². The van der Waals surface area contributed by atoms with Gasteiger partial charge in [0, 0.05) is 17.2 Å². The van der Waals surface area contributed by atoms with Gasteiger partial charge in [0.25, 0.3) is 0 Å². The van der Waals surface area contributed by atoms with Gasteiger partial charge in [-0.15, -0.1) is 11.8 Å². The van der Waals surface area contributed by atoms with E-state index in [0.717, 1.165) is 16.2 Å². The molecule has 5 nitrogen and oxygen atoms in total. The van der Waals surface area contributed by atoms with E-state index in [9.17, 15) is 9.59 Å². The van der Waals surface area contributed by atoms with Gasteiger partial charge in [-0.2, -0.15) is 0 Å². The van der Waals surface area contributed by atoms with Crippen molar-refractivity contribution in [2.45, 2.75) is 29.9 Å². The molecule has 2 unspecified atom stereocenters. The molecule has 1 saturated heterocycles. The number of hydrogen-bond donors (Lipinski definition) is 1. The van der Waals surface area contributed by atoms with Gasteiger partial charge in [0.2, 0.25) is 5.91 Å². The van der Waals surface area contributed by atoms with E-state index in [0.29, 0.717) is 6.54 Å². The Morgan fingerprint density at radius 2 is 2.10 bits per heavy atom. The molecule has 2 heterocycles. The van der Waals surface area contributed by atoms with E-state index in [4.69, 9.17) is 9.84 Å². The Hall–Kier alpha value is -1.53. The average Bonchev–Trinajstić information content (AvgIpc) is 2.89. The number of ether oxygens (including phenoxy) is 1. The Labute approximate surface area is 127 Å². The van der Waals surface area contributed by atoms with E-state index in [1.807, 2.05) is 24.3 Å². The van der Waals surface area contributed by atoms with Crippen molar-refractivity contribution < 1.29 is 19.4 Å². The van der Waals surface area contributed by atoms with E-state index < -0.39 is 12.1 Å². The van der Waals surface area contributed by atoms with Crippen LogP contribution in [0.3, 0.4) is 0 Å². The smallest absolute Gasteiger partial charge is 0.334 e. The predicted octanol–water partition coefficient (Wildman–Crippen LogP) is 1.58. The number of carboxylic acids is 1. The molecule has 112 valence electrons. The highest BCUT2D eigenvalue weighted by Crippen LogP contribution is 2.40. The molecule has 0 spiro atoms. The maximum atomic E-state index is 12.7. The Bertz CT molecular complexity index is 577. The fourth-order valence-corrected chi connectivity index (χ4v) is 4.08. The van der Waals surface area contributed by atoms with Gasteiger partial charge in [0.05, 0.1) is 18.6 Å². The minimum absolute atomic E-state index is 0.00819. The number of rotatable bonds is 2. The first-order chi connectivity index (χ1) is 10.1. The molecule has 1 fully saturated rings. The van der Waals surface area contributed by atoms with Crippen molar-refractivity contribution in [1.29, 1.82) is 0 Å². The Balaban J connectivity index is 1.78. The number of morpholine rings is 1. The molecule has 21 heavy (non-hydrogen) atoms. The van der Waals surface area contributed by atoms with E-state index >= 15 is 0 Å². The third kappa shape index (κ3) is 2.78. The van der Waals surface area contributed by atoms with Gasteiger partial charge in [-0.25, -0.2) is 4.79 Å². The van der Waals surface area contributed by atoms with Crippen LogP contribution in [0, 0.1) is 0 Å². The summed E-state index contributed by atoms with van der Waals surface area (Å²) in [7, 11) is 0. The molecule has 3 atom stereocenters.